The van der Waals surface area contributed by atoms with Crippen molar-refractivity contribution in [3.8, 4) is 0 Å². The highest BCUT2D eigenvalue weighted by Gasteiger charge is 2.16. The molecule has 0 saturated carbocycles. The zero-order valence-electron chi connectivity index (χ0n) is 9.84. The molecule has 0 amide bonds. The molecule has 1 unspecified atom stereocenters. The van der Waals surface area contributed by atoms with Gasteiger partial charge in [0.2, 0.25) is 0 Å². The average Bonchev–Trinajstić information content (AvgIpc) is 2.68. The van der Waals surface area contributed by atoms with Gasteiger partial charge < -0.3 is 0 Å². The van der Waals surface area contributed by atoms with Crippen molar-refractivity contribution in [2.75, 3.05) is 0 Å². The molecule has 2 aromatic rings. The van der Waals surface area contributed by atoms with Gasteiger partial charge in [-0.3, -0.25) is 0 Å². The highest BCUT2D eigenvalue weighted by molar-refractivity contribution is 9.11. The normalized spacial score (nSPS) is 12.7. The van der Waals surface area contributed by atoms with Gasteiger partial charge in [-0.2, -0.15) is 0 Å². The highest BCUT2D eigenvalue weighted by Crippen LogP contribution is 2.38. The van der Waals surface area contributed by atoms with E-state index >= 15 is 0 Å². The molecule has 0 nitrogen and oxygen atoms in total. The summed E-state index contributed by atoms with van der Waals surface area (Å²) in [5.74, 6) is 0. The van der Waals surface area contributed by atoms with Crippen LogP contribution >= 0.6 is 38.9 Å². The molecular weight excluding hydrogens is 316 g/mol. The number of benzene rings is 1. The molecule has 0 fully saturated rings. The first kappa shape index (κ1) is 13.1. The fourth-order valence-electron chi connectivity index (χ4n) is 1.87. The molecule has 90 valence electrons. The maximum absolute atomic E-state index is 6.59. The standard InChI is InChI=1S/C14H14BrClS/c1-3-10-6-4-5-7-11(10)13(16)12-8-9(2)14(15)17-12/h4-8,13H,3H2,1-2H3. The second-order valence-corrected chi connectivity index (χ2v) is 6.86. The van der Waals surface area contributed by atoms with E-state index in [1.54, 1.807) is 11.3 Å². The van der Waals surface area contributed by atoms with Gasteiger partial charge in [0.25, 0.3) is 0 Å². The van der Waals surface area contributed by atoms with Crippen LogP contribution in [0.25, 0.3) is 0 Å². The molecule has 0 aliphatic heterocycles. The molecule has 17 heavy (non-hydrogen) atoms. The largest absolute Gasteiger partial charge is 0.131 e. The smallest absolute Gasteiger partial charge is 0.0930 e. The number of thiophene rings is 1. The van der Waals surface area contributed by atoms with Gasteiger partial charge >= 0.3 is 0 Å². The van der Waals surface area contributed by atoms with E-state index in [2.05, 4.69) is 60.1 Å². The summed E-state index contributed by atoms with van der Waals surface area (Å²) in [6, 6.07) is 10.6. The van der Waals surface area contributed by atoms with Gasteiger partial charge in [0.1, 0.15) is 0 Å². The summed E-state index contributed by atoms with van der Waals surface area (Å²) < 4.78 is 1.17. The molecule has 0 radical (unpaired) electrons. The maximum Gasteiger partial charge on any atom is 0.0930 e. The van der Waals surface area contributed by atoms with Crippen LogP contribution in [0.2, 0.25) is 0 Å². The Morgan fingerprint density at radius 2 is 2.06 bits per heavy atom. The van der Waals surface area contributed by atoms with Crippen LogP contribution in [0.3, 0.4) is 0 Å². The Kier molecular flexibility index (Phi) is 4.29. The molecule has 0 spiro atoms. The van der Waals surface area contributed by atoms with Crippen LogP contribution < -0.4 is 0 Å². The van der Waals surface area contributed by atoms with Crippen molar-refractivity contribution in [1.82, 2.24) is 0 Å². The summed E-state index contributed by atoms with van der Waals surface area (Å²) >= 11 is 11.9. The van der Waals surface area contributed by atoms with Crippen LogP contribution in [-0.2, 0) is 6.42 Å². The fourth-order valence-corrected chi connectivity index (χ4v) is 3.84. The monoisotopic (exact) mass is 328 g/mol. The van der Waals surface area contributed by atoms with E-state index in [4.69, 9.17) is 11.6 Å². The van der Waals surface area contributed by atoms with Crippen molar-refractivity contribution in [3.63, 3.8) is 0 Å². The van der Waals surface area contributed by atoms with Gasteiger partial charge in [-0.15, -0.1) is 22.9 Å². The number of aryl methyl sites for hydroxylation is 2. The molecule has 2 rings (SSSR count). The van der Waals surface area contributed by atoms with E-state index in [-0.39, 0.29) is 5.38 Å². The van der Waals surface area contributed by atoms with Crippen LogP contribution in [0.1, 0.15) is 33.9 Å². The van der Waals surface area contributed by atoms with Crippen LogP contribution in [0.5, 0.6) is 0 Å². The predicted molar refractivity (Wildman–Crippen MR) is 80.3 cm³/mol. The molecule has 1 aromatic heterocycles. The lowest BCUT2D eigenvalue weighted by molar-refractivity contribution is 1.05. The Balaban J connectivity index is 2.39. The Morgan fingerprint density at radius 3 is 2.65 bits per heavy atom. The molecule has 0 N–H and O–H groups in total. The number of hydrogen-bond donors (Lipinski definition) is 0. The van der Waals surface area contributed by atoms with Gasteiger partial charge in [0.15, 0.2) is 0 Å². The maximum atomic E-state index is 6.59. The van der Waals surface area contributed by atoms with Crippen LogP contribution in [0.4, 0.5) is 0 Å². The summed E-state index contributed by atoms with van der Waals surface area (Å²) in [4.78, 5) is 1.21. The first-order chi connectivity index (χ1) is 8.13. The SMILES string of the molecule is CCc1ccccc1C(Cl)c1cc(C)c(Br)s1. The third kappa shape index (κ3) is 2.75. The van der Waals surface area contributed by atoms with E-state index in [0.717, 1.165) is 6.42 Å². The van der Waals surface area contributed by atoms with Gasteiger partial charge in [0.05, 0.1) is 9.16 Å². The fraction of sp³-hybridized carbons (Fsp3) is 0.286. The van der Waals surface area contributed by atoms with E-state index in [1.165, 1.54) is 25.4 Å². The lowest BCUT2D eigenvalue weighted by Gasteiger charge is -2.12. The molecule has 3 heteroatoms. The first-order valence-corrected chi connectivity index (χ1v) is 7.65. The van der Waals surface area contributed by atoms with Crippen molar-refractivity contribution in [3.05, 3.63) is 55.7 Å². The highest BCUT2D eigenvalue weighted by atomic mass is 79.9. The van der Waals surface area contributed by atoms with E-state index < -0.39 is 0 Å². The van der Waals surface area contributed by atoms with Crippen LogP contribution in [-0.4, -0.2) is 0 Å². The molecule has 0 bridgehead atoms. The number of rotatable bonds is 3. The van der Waals surface area contributed by atoms with Gasteiger partial charge in [-0.05, 0) is 52.0 Å². The van der Waals surface area contributed by atoms with E-state index in [1.807, 2.05) is 0 Å². The quantitative estimate of drug-likeness (QED) is 0.633. The van der Waals surface area contributed by atoms with Crippen molar-refractivity contribution < 1.29 is 0 Å². The van der Waals surface area contributed by atoms with E-state index in [9.17, 15) is 0 Å². The number of halogens is 2. The van der Waals surface area contributed by atoms with Crippen molar-refractivity contribution >= 4 is 38.9 Å². The van der Waals surface area contributed by atoms with Crippen molar-refractivity contribution in [1.29, 1.82) is 0 Å². The number of hydrogen-bond acceptors (Lipinski definition) is 1. The van der Waals surface area contributed by atoms with Gasteiger partial charge in [0, 0.05) is 4.88 Å². The minimum absolute atomic E-state index is 0.0406. The summed E-state index contributed by atoms with van der Waals surface area (Å²) in [5, 5.41) is -0.0406. The predicted octanol–water partition coefficient (Wildman–Crippen LogP) is 5.71. The second kappa shape index (κ2) is 5.55. The van der Waals surface area contributed by atoms with Crippen LogP contribution in [0, 0.1) is 6.92 Å². The first-order valence-electron chi connectivity index (χ1n) is 5.61. The molecule has 1 aromatic carbocycles. The molecule has 1 atom stereocenters. The molecular formula is C14H14BrClS. The molecule has 0 aliphatic carbocycles. The Morgan fingerprint density at radius 1 is 1.35 bits per heavy atom. The van der Waals surface area contributed by atoms with Crippen molar-refractivity contribution in [2.24, 2.45) is 0 Å². The Hall–Kier alpha value is -0.310. The Bertz CT molecular complexity index is 499. The summed E-state index contributed by atoms with van der Waals surface area (Å²) in [6.45, 7) is 4.26. The zero-order chi connectivity index (χ0) is 12.4. The molecule has 0 saturated heterocycles. The molecule has 1 heterocycles. The van der Waals surface area contributed by atoms with Gasteiger partial charge in [-0.1, -0.05) is 31.2 Å². The topological polar surface area (TPSA) is 0 Å². The summed E-state index contributed by atoms with van der Waals surface area (Å²) in [5.41, 5.74) is 3.81. The Labute approximate surface area is 120 Å². The van der Waals surface area contributed by atoms with Crippen molar-refractivity contribution in [2.45, 2.75) is 25.6 Å². The summed E-state index contributed by atoms with van der Waals surface area (Å²) in [6.07, 6.45) is 1.02. The van der Waals surface area contributed by atoms with Crippen LogP contribution in [0.15, 0.2) is 34.1 Å². The minimum Gasteiger partial charge on any atom is -0.131 e. The molecule has 0 aliphatic rings. The number of alkyl halides is 1. The zero-order valence-corrected chi connectivity index (χ0v) is 13.0. The van der Waals surface area contributed by atoms with E-state index in [0.29, 0.717) is 0 Å². The lowest BCUT2D eigenvalue weighted by atomic mass is 10.0. The average molecular weight is 330 g/mol. The summed E-state index contributed by atoms with van der Waals surface area (Å²) in [7, 11) is 0. The minimum atomic E-state index is -0.0406. The third-order valence-electron chi connectivity index (χ3n) is 2.84. The second-order valence-electron chi connectivity index (χ2n) is 4.02. The third-order valence-corrected chi connectivity index (χ3v) is 5.64. The lowest BCUT2D eigenvalue weighted by Crippen LogP contribution is -1.96. The van der Waals surface area contributed by atoms with Gasteiger partial charge in [-0.25, -0.2) is 0 Å².